The van der Waals surface area contributed by atoms with E-state index in [0.717, 1.165) is 54.5 Å². The Morgan fingerprint density at radius 2 is 1.06 bits per heavy atom. The van der Waals surface area contributed by atoms with Crippen molar-refractivity contribution in [1.29, 1.82) is 0 Å². The first-order valence-electron chi connectivity index (χ1n) is 15.7. The Morgan fingerprint density at radius 3 is 1.53 bits per heavy atom. The first-order chi connectivity index (χ1) is 16.7. The minimum absolute atomic E-state index is 0.549. The second-order valence-corrected chi connectivity index (χ2v) is 12.8. The Hall–Kier alpha value is -0.560. The minimum Gasteiger partial charge on any atom is -0.378 e. The van der Waals surface area contributed by atoms with E-state index in [1.54, 1.807) is 25.7 Å². The van der Waals surface area contributed by atoms with Crippen LogP contribution in [0.2, 0.25) is 0 Å². The Labute approximate surface area is 212 Å². The molecule has 1 heteroatoms. The van der Waals surface area contributed by atoms with E-state index in [2.05, 4.69) is 31.7 Å². The lowest BCUT2D eigenvalue weighted by atomic mass is 9.65. The standard InChI is InChI=1S/C33H56O/c1-3-5-6-26-9-15-29(16-10-26)31-19-21-32(22-20-31)30-17-11-27(12-18-30)7-8-28-13-23-33(24-14-28)34-25-4-2/h3,7-8,26-33H,1,4-6,9-25H2,2H3/b8-7+. The molecular weight excluding hydrogens is 412 g/mol. The zero-order valence-electron chi connectivity index (χ0n) is 22.6. The van der Waals surface area contributed by atoms with Crippen molar-refractivity contribution >= 4 is 0 Å². The molecule has 194 valence electrons. The van der Waals surface area contributed by atoms with Crippen molar-refractivity contribution in [3.8, 4) is 0 Å². The summed E-state index contributed by atoms with van der Waals surface area (Å²) in [5, 5.41) is 0. The smallest absolute Gasteiger partial charge is 0.0575 e. The van der Waals surface area contributed by atoms with Crippen LogP contribution in [0.25, 0.3) is 0 Å². The molecule has 4 saturated carbocycles. The molecule has 0 bridgehead atoms. The van der Waals surface area contributed by atoms with Gasteiger partial charge in [-0.1, -0.05) is 38.0 Å². The zero-order chi connectivity index (χ0) is 23.6. The first kappa shape index (κ1) is 26.5. The molecule has 0 heterocycles. The zero-order valence-corrected chi connectivity index (χ0v) is 22.6. The van der Waals surface area contributed by atoms with E-state index in [1.165, 1.54) is 89.9 Å². The fourth-order valence-electron chi connectivity index (χ4n) is 8.25. The van der Waals surface area contributed by atoms with Gasteiger partial charge >= 0.3 is 0 Å². The van der Waals surface area contributed by atoms with Crippen molar-refractivity contribution in [3.63, 3.8) is 0 Å². The molecule has 0 unspecified atom stereocenters. The van der Waals surface area contributed by atoms with Gasteiger partial charge in [-0.15, -0.1) is 6.58 Å². The van der Waals surface area contributed by atoms with Crippen molar-refractivity contribution in [1.82, 2.24) is 0 Å². The van der Waals surface area contributed by atoms with Crippen LogP contribution in [-0.2, 0) is 4.74 Å². The van der Waals surface area contributed by atoms with Crippen LogP contribution in [-0.4, -0.2) is 12.7 Å². The average Bonchev–Trinajstić information content (AvgIpc) is 2.91. The van der Waals surface area contributed by atoms with Gasteiger partial charge in [0, 0.05) is 6.61 Å². The second-order valence-electron chi connectivity index (χ2n) is 12.8. The van der Waals surface area contributed by atoms with Crippen LogP contribution >= 0.6 is 0 Å². The molecule has 4 aliphatic rings. The number of allylic oxidation sites excluding steroid dienone is 3. The molecule has 4 aliphatic carbocycles. The van der Waals surface area contributed by atoms with Crippen molar-refractivity contribution in [2.45, 2.75) is 135 Å². The lowest BCUT2D eigenvalue weighted by Gasteiger charge is -2.41. The van der Waals surface area contributed by atoms with Gasteiger partial charge in [0.05, 0.1) is 6.10 Å². The van der Waals surface area contributed by atoms with Crippen molar-refractivity contribution in [3.05, 3.63) is 24.8 Å². The summed E-state index contributed by atoms with van der Waals surface area (Å²) >= 11 is 0. The molecular formula is C33H56O. The van der Waals surface area contributed by atoms with E-state index in [1.807, 2.05) is 0 Å². The highest BCUT2D eigenvalue weighted by Crippen LogP contribution is 2.46. The minimum atomic E-state index is 0.549. The average molecular weight is 469 g/mol. The van der Waals surface area contributed by atoms with Crippen molar-refractivity contribution in [2.24, 2.45) is 41.4 Å². The lowest BCUT2D eigenvalue weighted by Crippen LogP contribution is -2.29. The Morgan fingerprint density at radius 1 is 0.618 bits per heavy atom. The summed E-state index contributed by atoms with van der Waals surface area (Å²) in [6.45, 7) is 7.08. The van der Waals surface area contributed by atoms with E-state index in [-0.39, 0.29) is 0 Å². The highest BCUT2D eigenvalue weighted by molar-refractivity contribution is 4.97. The van der Waals surface area contributed by atoms with Gasteiger partial charge in [-0.05, 0) is 151 Å². The van der Waals surface area contributed by atoms with Gasteiger partial charge < -0.3 is 4.74 Å². The largest absolute Gasteiger partial charge is 0.378 e. The summed E-state index contributed by atoms with van der Waals surface area (Å²) in [5.41, 5.74) is 0. The fraction of sp³-hybridized carbons (Fsp3) is 0.879. The third-order valence-corrected chi connectivity index (χ3v) is 10.6. The van der Waals surface area contributed by atoms with Gasteiger partial charge in [0.25, 0.3) is 0 Å². The molecule has 0 atom stereocenters. The number of hydrogen-bond donors (Lipinski definition) is 0. The highest BCUT2D eigenvalue weighted by Gasteiger charge is 2.34. The van der Waals surface area contributed by atoms with Crippen LogP contribution in [0.3, 0.4) is 0 Å². The third-order valence-electron chi connectivity index (χ3n) is 10.6. The van der Waals surface area contributed by atoms with Crippen molar-refractivity contribution in [2.75, 3.05) is 6.61 Å². The molecule has 0 saturated heterocycles. The monoisotopic (exact) mass is 468 g/mol. The molecule has 0 N–H and O–H groups in total. The van der Waals surface area contributed by atoms with Crippen LogP contribution in [0, 0.1) is 41.4 Å². The summed E-state index contributed by atoms with van der Waals surface area (Å²) in [4.78, 5) is 0. The molecule has 0 amide bonds. The maximum Gasteiger partial charge on any atom is 0.0575 e. The van der Waals surface area contributed by atoms with Gasteiger partial charge in [0.1, 0.15) is 0 Å². The molecule has 0 aromatic rings. The maximum absolute atomic E-state index is 5.98. The molecule has 4 rings (SSSR count). The molecule has 0 radical (unpaired) electrons. The summed E-state index contributed by atoms with van der Waals surface area (Å²) in [6.07, 6.45) is 35.2. The van der Waals surface area contributed by atoms with Crippen LogP contribution in [0.15, 0.2) is 24.8 Å². The van der Waals surface area contributed by atoms with Crippen LogP contribution in [0.5, 0.6) is 0 Å². The van der Waals surface area contributed by atoms with Gasteiger partial charge in [-0.25, -0.2) is 0 Å². The number of ether oxygens (including phenoxy) is 1. The normalized spacial score (nSPS) is 39.8. The van der Waals surface area contributed by atoms with E-state index in [4.69, 9.17) is 4.74 Å². The molecule has 0 aromatic carbocycles. The molecule has 0 aromatic heterocycles. The van der Waals surface area contributed by atoms with Crippen molar-refractivity contribution < 1.29 is 4.74 Å². The van der Waals surface area contributed by atoms with Gasteiger partial charge in [0.2, 0.25) is 0 Å². The SMILES string of the molecule is C=CCCC1CCC(C2CCC(C3CCC(/C=C/C4CCC(OCCC)CC4)CC3)CC2)CC1. The first-order valence-corrected chi connectivity index (χ1v) is 15.7. The molecule has 34 heavy (non-hydrogen) atoms. The summed E-state index contributed by atoms with van der Waals surface area (Å²) < 4.78 is 5.98. The number of rotatable bonds is 10. The predicted molar refractivity (Wildman–Crippen MR) is 147 cm³/mol. The summed E-state index contributed by atoms with van der Waals surface area (Å²) in [5.74, 6) is 6.94. The molecule has 1 nitrogen and oxygen atoms in total. The Bertz CT molecular complexity index is 576. The lowest BCUT2D eigenvalue weighted by molar-refractivity contribution is 0.0226. The fourth-order valence-corrected chi connectivity index (χ4v) is 8.25. The van der Waals surface area contributed by atoms with E-state index in [0.29, 0.717) is 6.10 Å². The Balaban J connectivity index is 1.09. The van der Waals surface area contributed by atoms with E-state index in [9.17, 15) is 0 Å². The van der Waals surface area contributed by atoms with Crippen LogP contribution in [0.4, 0.5) is 0 Å². The van der Waals surface area contributed by atoms with Gasteiger partial charge in [-0.2, -0.15) is 0 Å². The summed E-state index contributed by atoms with van der Waals surface area (Å²) in [7, 11) is 0. The third kappa shape index (κ3) is 7.97. The highest BCUT2D eigenvalue weighted by atomic mass is 16.5. The summed E-state index contributed by atoms with van der Waals surface area (Å²) in [6, 6.07) is 0. The van der Waals surface area contributed by atoms with Gasteiger partial charge in [-0.3, -0.25) is 0 Å². The Kier molecular flexibility index (Phi) is 11.1. The van der Waals surface area contributed by atoms with Crippen LogP contribution in [0.1, 0.15) is 129 Å². The molecule has 0 spiro atoms. The van der Waals surface area contributed by atoms with Crippen LogP contribution < -0.4 is 0 Å². The van der Waals surface area contributed by atoms with E-state index >= 15 is 0 Å². The van der Waals surface area contributed by atoms with E-state index < -0.39 is 0 Å². The second kappa shape index (κ2) is 14.2. The molecule has 4 fully saturated rings. The topological polar surface area (TPSA) is 9.23 Å². The maximum atomic E-state index is 5.98. The number of hydrogen-bond acceptors (Lipinski definition) is 1. The quantitative estimate of drug-likeness (QED) is 0.290. The molecule has 0 aliphatic heterocycles. The predicted octanol–water partition coefficient (Wildman–Crippen LogP) is 9.91. The van der Waals surface area contributed by atoms with Gasteiger partial charge in [0.15, 0.2) is 0 Å².